The van der Waals surface area contributed by atoms with Gasteiger partial charge in [-0.3, -0.25) is 0 Å². The zero-order valence-electron chi connectivity index (χ0n) is 21.8. The molecule has 0 amide bonds. The summed E-state index contributed by atoms with van der Waals surface area (Å²) in [5.41, 5.74) is 5.44. The maximum absolute atomic E-state index is 9.16. The van der Waals surface area contributed by atoms with Gasteiger partial charge in [-0.2, -0.15) is 4.98 Å². The third-order valence-corrected chi connectivity index (χ3v) is 7.19. The first-order valence-corrected chi connectivity index (χ1v) is 13.6. The summed E-state index contributed by atoms with van der Waals surface area (Å²) < 4.78 is 12.3. The first-order valence-electron chi connectivity index (χ1n) is 13.6. The van der Waals surface area contributed by atoms with Gasteiger partial charge in [-0.25, -0.2) is 0 Å². The van der Waals surface area contributed by atoms with E-state index in [2.05, 4.69) is 41.3 Å². The van der Waals surface area contributed by atoms with Gasteiger partial charge in [0.1, 0.15) is 13.2 Å². The van der Waals surface area contributed by atoms with Gasteiger partial charge in [0.25, 0.3) is 0 Å². The molecule has 1 N–H and O–H groups in total. The number of anilines is 1. The molecule has 5 nitrogen and oxygen atoms in total. The summed E-state index contributed by atoms with van der Waals surface area (Å²) in [7, 11) is 0. The number of rotatable bonds is 11. The van der Waals surface area contributed by atoms with Crippen molar-refractivity contribution in [1.29, 1.82) is 0 Å². The van der Waals surface area contributed by atoms with Crippen LogP contribution in [0.5, 0.6) is 11.8 Å². The molecule has 1 aliphatic rings. The molecule has 3 aromatic carbocycles. The van der Waals surface area contributed by atoms with E-state index >= 15 is 0 Å². The normalized spacial score (nSPS) is 13.9. The molecule has 0 aliphatic carbocycles. The average molecular weight is 509 g/mol. The fourth-order valence-electron chi connectivity index (χ4n) is 5.02. The molecule has 0 unspecified atom stereocenters. The van der Waals surface area contributed by atoms with Crippen LogP contribution in [0.3, 0.4) is 0 Å². The molecule has 2 heterocycles. The number of pyridine rings is 1. The third-order valence-electron chi connectivity index (χ3n) is 7.19. The minimum atomic E-state index is 0.293. The first-order chi connectivity index (χ1) is 18.8. The molecule has 5 heteroatoms. The molecule has 0 radical (unpaired) electrons. The molecular weight excluding hydrogens is 472 g/mol. The predicted octanol–water partition coefficient (Wildman–Crippen LogP) is 6.90. The highest BCUT2D eigenvalue weighted by Crippen LogP contribution is 2.34. The van der Waals surface area contributed by atoms with Crippen molar-refractivity contribution in [1.82, 2.24) is 4.98 Å². The van der Waals surface area contributed by atoms with Crippen molar-refractivity contribution in [3.05, 3.63) is 108 Å². The fourth-order valence-corrected chi connectivity index (χ4v) is 5.02. The molecule has 4 aromatic rings. The Morgan fingerprint density at radius 3 is 2.13 bits per heavy atom. The van der Waals surface area contributed by atoms with E-state index in [1.54, 1.807) is 0 Å². The average Bonchev–Trinajstić information content (AvgIpc) is 2.99. The van der Waals surface area contributed by atoms with Crippen molar-refractivity contribution < 1.29 is 14.6 Å². The number of aliphatic hydroxyl groups is 1. The second-order valence-electron chi connectivity index (χ2n) is 9.90. The summed E-state index contributed by atoms with van der Waals surface area (Å²) in [6, 6.07) is 32.9. The summed E-state index contributed by atoms with van der Waals surface area (Å²) >= 11 is 0. The molecule has 5 rings (SSSR count). The molecule has 1 aliphatic heterocycles. The van der Waals surface area contributed by atoms with Crippen LogP contribution < -0.4 is 14.4 Å². The van der Waals surface area contributed by atoms with E-state index in [0.29, 0.717) is 37.5 Å². The second kappa shape index (κ2) is 13.1. The smallest absolute Gasteiger partial charge is 0.225 e. The third kappa shape index (κ3) is 6.93. The quantitative estimate of drug-likeness (QED) is 0.239. The van der Waals surface area contributed by atoms with Gasteiger partial charge in [0, 0.05) is 37.0 Å². The van der Waals surface area contributed by atoms with Gasteiger partial charge in [0.15, 0.2) is 0 Å². The maximum Gasteiger partial charge on any atom is 0.225 e. The zero-order valence-corrected chi connectivity index (χ0v) is 21.8. The van der Waals surface area contributed by atoms with Gasteiger partial charge in [0.05, 0.1) is 0 Å². The van der Waals surface area contributed by atoms with Gasteiger partial charge in [0.2, 0.25) is 11.8 Å². The Kier molecular flexibility index (Phi) is 8.90. The highest BCUT2D eigenvalue weighted by molar-refractivity contribution is 5.73. The molecule has 0 bridgehead atoms. The van der Waals surface area contributed by atoms with Crippen molar-refractivity contribution in [2.24, 2.45) is 5.92 Å². The Hall–Kier alpha value is -3.83. The largest absolute Gasteiger partial charge is 0.473 e. The van der Waals surface area contributed by atoms with E-state index in [1.807, 2.05) is 60.7 Å². The Balaban J connectivity index is 1.35. The second-order valence-corrected chi connectivity index (χ2v) is 9.90. The molecule has 0 atom stereocenters. The number of nitrogens with zero attached hydrogens (tertiary/aromatic N) is 2. The summed E-state index contributed by atoms with van der Waals surface area (Å²) in [6.07, 6.45) is 4.37. The summed E-state index contributed by atoms with van der Waals surface area (Å²) in [5, 5.41) is 9.16. The lowest BCUT2D eigenvalue weighted by Gasteiger charge is -2.34. The number of benzene rings is 3. The van der Waals surface area contributed by atoms with Crippen molar-refractivity contribution in [2.75, 3.05) is 24.6 Å². The summed E-state index contributed by atoms with van der Waals surface area (Å²) in [4.78, 5) is 7.25. The van der Waals surface area contributed by atoms with Crippen LogP contribution in [-0.2, 0) is 13.2 Å². The van der Waals surface area contributed by atoms with E-state index in [9.17, 15) is 0 Å². The van der Waals surface area contributed by atoms with Crippen LogP contribution in [0.4, 0.5) is 5.69 Å². The topological polar surface area (TPSA) is 54.8 Å². The lowest BCUT2D eigenvalue weighted by atomic mass is 9.92. The van der Waals surface area contributed by atoms with Gasteiger partial charge in [-0.1, -0.05) is 72.8 Å². The van der Waals surface area contributed by atoms with Crippen LogP contribution in [0.15, 0.2) is 97.1 Å². The lowest BCUT2D eigenvalue weighted by molar-refractivity contribution is 0.261. The van der Waals surface area contributed by atoms with Gasteiger partial charge in [-0.05, 0) is 66.5 Å². The molecule has 1 saturated heterocycles. The first kappa shape index (κ1) is 25.8. The van der Waals surface area contributed by atoms with Crippen LogP contribution in [0.1, 0.15) is 36.8 Å². The Morgan fingerprint density at radius 1 is 0.763 bits per heavy atom. The maximum atomic E-state index is 9.16. The SMILES string of the molecule is OCCCC1CCN(c2cccc(-c3ccc(OCc4ccccc4)nc3OCc3ccccc3)c2)CC1. The predicted molar refractivity (Wildman–Crippen MR) is 152 cm³/mol. The van der Waals surface area contributed by atoms with Crippen molar-refractivity contribution in [3.8, 4) is 22.9 Å². The number of ether oxygens (including phenoxy) is 2. The van der Waals surface area contributed by atoms with Gasteiger partial charge >= 0.3 is 0 Å². The Morgan fingerprint density at radius 2 is 1.45 bits per heavy atom. The number of aromatic nitrogens is 1. The lowest BCUT2D eigenvalue weighted by Crippen LogP contribution is -2.33. The molecule has 0 saturated carbocycles. The van der Waals surface area contributed by atoms with Gasteiger partial charge in [-0.15, -0.1) is 0 Å². The van der Waals surface area contributed by atoms with Gasteiger partial charge < -0.3 is 19.5 Å². The minimum absolute atomic E-state index is 0.293. The number of hydrogen-bond acceptors (Lipinski definition) is 5. The number of hydrogen-bond donors (Lipinski definition) is 1. The molecule has 38 heavy (non-hydrogen) atoms. The highest BCUT2D eigenvalue weighted by atomic mass is 16.5. The summed E-state index contributed by atoms with van der Waals surface area (Å²) in [6.45, 7) is 3.27. The van der Waals surface area contributed by atoms with E-state index in [4.69, 9.17) is 19.6 Å². The van der Waals surface area contributed by atoms with E-state index in [1.165, 1.54) is 18.5 Å². The van der Waals surface area contributed by atoms with Crippen molar-refractivity contribution in [3.63, 3.8) is 0 Å². The standard InChI is InChI=1S/C33H36N2O3/c36-22-8-13-26-18-20-35(21-19-26)30-15-7-14-29(23-30)31-16-17-32(37-24-27-9-3-1-4-10-27)34-33(31)38-25-28-11-5-2-6-12-28/h1-7,9-12,14-17,23,26,36H,8,13,18-22,24-25H2. The van der Waals surface area contributed by atoms with Crippen LogP contribution >= 0.6 is 0 Å². The zero-order chi connectivity index (χ0) is 26.0. The molecule has 0 spiro atoms. The van der Waals surface area contributed by atoms with Crippen molar-refractivity contribution >= 4 is 5.69 Å². The van der Waals surface area contributed by atoms with Crippen LogP contribution in [0, 0.1) is 5.92 Å². The Labute approximate surface area is 225 Å². The minimum Gasteiger partial charge on any atom is -0.473 e. The van der Waals surface area contributed by atoms with E-state index < -0.39 is 0 Å². The van der Waals surface area contributed by atoms with E-state index in [0.717, 1.165) is 48.2 Å². The number of aliphatic hydroxyl groups excluding tert-OH is 1. The van der Waals surface area contributed by atoms with Crippen LogP contribution in [0.2, 0.25) is 0 Å². The molecular formula is C33H36N2O3. The Bertz CT molecular complexity index is 1270. The van der Waals surface area contributed by atoms with Crippen LogP contribution in [0.25, 0.3) is 11.1 Å². The molecule has 1 fully saturated rings. The monoisotopic (exact) mass is 508 g/mol. The van der Waals surface area contributed by atoms with Crippen LogP contribution in [-0.4, -0.2) is 29.8 Å². The van der Waals surface area contributed by atoms with Crippen molar-refractivity contribution in [2.45, 2.75) is 38.9 Å². The molecule has 196 valence electrons. The van der Waals surface area contributed by atoms with E-state index in [-0.39, 0.29) is 0 Å². The number of piperidine rings is 1. The summed E-state index contributed by atoms with van der Waals surface area (Å²) in [5.74, 6) is 1.83. The highest BCUT2D eigenvalue weighted by Gasteiger charge is 2.20. The fraction of sp³-hybridized carbons (Fsp3) is 0.303. The molecule has 1 aromatic heterocycles.